The second-order valence-electron chi connectivity index (χ2n) is 7.71. The SMILES string of the molecule is CC1CCCC(C)N1C(=O)C(F)(F)C(F)(F)C(F)(F)C(F)(F)C(F)(F)C(F)(F)C(F)(F)C(F)F. The molecule has 18 heteroatoms. The van der Waals surface area contributed by atoms with Gasteiger partial charge in [-0.1, -0.05) is 0 Å². The summed E-state index contributed by atoms with van der Waals surface area (Å²) in [6, 6.07) is -2.75. The molecule has 0 aromatic carbocycles. The number of piperidine rings is 1. The van der Waals surface area contributed by atoms with Crippen LogP contribution in [0.25, 0.3) is 0 Å². The van der Waals surface area contributed by atoms with Gasteiger partial charge in [-0.2, -0.15) is 61.5 Å². The first-order valence-corrected chi connectivity index (χ1v) is 9.04. The summed E-state index contributed by atoms with van der Waals surface area (Å²) >= 11 is 0. The maximum Gasteiger partial charge on any atom is 0.392 e. The highest BCUT2D eigenvalue weighted by atomic mass is 19.4. The van der Waals surface area contributed by atoms with Gasteiger partial charge in [0.15, 0.2) is 0 Å². The van der Waals surface area contributed by atoms with Crippen LogP contribution in [0, 0.1) is 0 Å². The van der Waals surface area contributed by atoms with Crippen molar-refractivity contribution in [1.82, 2.24) is 4.90 Å². The number of hydrogen-bond acceptors (Lipinski definition) is 1. The Hall–Kier alpha value is -1.65. The Morgan fingerprint density at radius 3 is 1.32 bits per heavy atom. The van der Waals surface area contributed by atoms with Gasteiger partial charge in [0.1, 0.15) is 0 Å². The molecular weight excluding hydrogens is 526 g/mol. The number of alkyl halides is 16. The molecule has 1 fully saturated rings. The molecule has 1 saturated heterocycles. The predicted molar refractivity (Wildman–Crippen MR) is 80.3 cm³/mol. The van der Waals surface area contributed by atoms with Crippen molar-refractivity contribution in [2.24, 2.45) is 0 Å². The van der Waals surface area contributed by atoms with Crippen molar-refractivity contribution in [2.75, 3.05) is 0 Å². The summed E-state index contributed by atoms with van der Waals surface area (Å²) in [4.78, 5) is 11.8. The molecule has 1 rings (SSSR count). The molecule has 0 saturated carbocycles. The quantitative estimate of drug-likeness (QED) is 0.322. The van der Waals surface area contributed by atoms with Gasteiger partial charge in [0.05, 0.1) is 0 Å². The fraction of sp³-hybridized carbons (Fsp3) is 0.938. The number of amides is 1. The molecule has 1 heterocycles. The monoisotopic (exact) mass is 541 g/mol. The molecule has 2 unspecified atom stereocenters. The molecule has 0 aliphatic carbocycles. The number of nitrogens with zero attached hydrogens (tertiary/aromatic N) is 1. The average Bonchev–Trinajstić information content (AvgIpc) is 2.66. The van der Waals surface area contributed by atoms with Gasteiger partial charge in [0.25, 0.3) is 5.91 Å². The van der Waals surface area contributed by atoms with Crippen molar-refractivity contribution >= 4 is 5.91 Å². The van der Waals surface area contributed by atoms with E-state index < -0.39 is 65.9 Å². The molecule has 0 aromatic rings. The van der Waals surface area contributed by atoms with Crippen LogP contribution in [0.3, 0.4) is 0 Å². The zero-order valence-corrected chi connectivity index (χ0v) is 16.8. The number of carbonyl (C=O) groups is 1. The zero-order valence-electron chi connectivity index (χ0n) is 16.8. The standard InChI is InChI=1S/C16H15F16NO/c1-6-4-3-5-7(2)33(6)9(34)11(21,22)13(25,26)15(29,30)16(31,32)14(27,28)12(23,24)10(19,20)8(17)18/h6-8H,3-5H2,1-2H3. The van der Waals surface area contributed by atoms with E-state index in [0.29, 0.717) is 0 Å². The van der Waals surface area contributed by atoms with Crippen LogP contribution in [0.15, 0.2) is 0 Å². The Balaban J connectivity index is 3.61. The lowest BCUT2D eigenvalue weighted by molar-refractivity contribution is -0.444. The Morgan fingerprint density at radius 2 is 0.971 bits per heavy atom. The Kier molecular flexibility index (Phi) is 7.58. The van der Waals surface area contributed by atoms with E-state index in [9.17, 15) is 75.0 Å². The highest BCUT2D eigenvalue weighted by molar-refractivity contribution is 5.85. The normalized spacial score (nSPS) is 22.4. The summed E-state index contributed by atoms with van der Waals surface area (Å²) in [6.07, 6.45) is -6.03. The summed E-state index contributed by atoms with van der Waals surface area (Å²) in [7, 11) is 0. The largest absolute Gasteiger partial charge is 0.392 e. The minimum atomic E-state index is -8.51. The molecule has 1 aliphatic rings. The first kappa shape index (κ1) is 30.4. The van der Waals surface area contributed by atoms with E-state index in [-0.39, 0.29) is 24.2 Å². The number of likely N-dealkylation sites (tertiary alicyclic amines) is 1. The topological polar surface area (TPSA) is 20.3 Å². The lowest BCUT2D eigenvalue weighted by Gasteiger charge is -2.45. The molecule has 2 nitrogen and oxygen atoms in total. The van der Waals surface area contributed by atoms with E-state index in [0.717, 1.165) is 13.8 Å². The summed E-state index contributed by atoms with van der Waals surface area (Å²) in [5, 5.41) is 0. The lowest BCUT2D eigenvalue weighted by Crippen LogP contribution is -2.75. The van der Waals surface area contributed by atoms with Crippen LogP contribution in [-0.2, 0) is 4.79 Å². The molecule has 0 bridgehead atoms. The smallest absolute Gasteiger partial charge is 0.332 e. The van der Waals surface area contributed by atoms with Gasteiger partial charge in [-0.25, -0.2) is 8.78 Å². The number of halogens is 16. The van der Waals surface area contributed by atoms with Gasteiger partial charge < -0.3 is 4.90 Å². The zero-order chi connectivity index (χ0) is 27.5. The Morgan fingerprint density at radius 1 is 0.647 bits per heavy atom. The second-order valence-corrected chi connectivity index (χ2v) is 7.71. The first-order chi connectivity index (χ1) is 14.8. The number of rotatable bonds is 8. The van der Waals surface area contributed by atoms with Crippen molar-refractivity contribution in [3.63, 3.8) is 0 Å². The van der Waals surface area contributed by atoms with Crippen LogP contribution < -0.4 is 0 Å². The highest BCUT2D eigenvalue weighted by Crippen LogP contribution is 2.63. The third kappa shape index (κ3) is 3.86. The minimum absolute atomic E-state index is 0.136. The molecule has 202 valence electrons. The molecule has 0 aromatic heterocycles. The van der Waals surface area contributed by atoms with Crippen LogP contribution in [0.1, 0.15) is 33.1 Å². The first-order valence-electron chi connectivity index (χ1n) is 9.04. The molecule has 1 aliphatic heterocycles. The highest BCUT2D eigenvalue weighted by Gasteiger charge is 2.94. The summed E-state index contributed by atoms with van der Waals surface area (Å²) < 4.78 is 214. The maximum atomic E-state index is 14.1. The maximum absolute atomic E-state index is 14.1. The molecule has 0 spiro atoms. The van der Waals surface area contributed by atoms with E-state index >= 15 is 0 Å². The van der Waals surface area contributed by atoms with Crippen molar-refractivity contribution in [3.05, 3.63) is 0 Å². The van der Waals surface area contributed by atoms with Gasteiger partial charge in [-0.05, 0) is 33.1 Å². The van der Waals surface area contributed by atoms with E-state index in [1.807, 2.05) is 0 Å². The molecular formula is C16H15F16NO. The van der Waals surface area contributed by atoms with Gasteiger partial charge in [-0.3, -0.25) is 4.79 Å². The molecule has 1 amide bonds. The molecule has 34 heavy (non-hydrogen) atoms. The molecule has 0 radical (unpaired) electrons. The van der Waals surface area contributed by atoms with E-state index in [4.69, 9.17) is 0 Å². The van der Waals surface area contributed by atoms with Gasteiger partial charge in [0, 0.05) is 12.1 Å². The Labute approximate surface area is 180 Å². The van der Waals surface area contributed by atoms with E-state index in [1.165, 1.54) is 0 Å². The van der Waals surface area contributed by atoms with Gasteiger partial charge in [0.2, 0.25) is 0 Å². The summed E-state index contributed by atoms with van der Waals surface area (Å²) in [5.74, 6) is -59.1. The van der Waals surface area contributed by atoms with Crippen LogP contribution in [0.5, 0.6) is 0 Å². The average molecular weight is 541 g/mol. The fourth-order valence-electron chi connectivity index (χ4n) is 3.25. The van der Waals surface area contributed by atoms with E-state index in [2.05, 4.69) is 0 Å². The third-order valence-electron chi connectivity index (χ3n) is 5.36. The third-order valence-corrected chi connectivity index (χ3v) is 5.36. The number of carbonyl (C=O) groups excluding carboxylic acids is 1. The molecule has 0 N–H and O–H groups in total. The minimum Gasteiger partial charge on any atom is -0.332 e. The molecule has 2 atom stereocenters. The van der Waals surface area contributed by atoms with Gasteiger partial charge in [-0.15, -0.1) is 0 Å². The summed E-state index contributed by atoms with van der Waals surface area (Å²) in [5.41, 5.74) is 0. The van der Waals surface area contributed by atoms with Crippen LogP contribution in [-0.4, -0.2) is 70.8 Å². The lowest BCUT2D eigenvalue weighted by atomic mass is 9.88. The van der Waals surface area contributed by atoms with Crippen molar-refractivity contribution in [3.8, 4) is 0 Å². The fourth-order valence-corrected chi connectivity index (χ4v) is 3.25. The van der Waals surface area contributed by atoms with Gasteiger partial charge >= 0.3 is 47.9 Å². The second kappa shape index (κ2) is 8.48. The van der Waals surface area contributed by atoms with Crippen LogP contribution >= 0.6 is 0 Å². The summed E-state index contributed by atoms with van der Waals surface area (Å²) in [6.45, 7) is 1.91. The van der Waals surface area contributed by atoms with Crippen molar-refractivity contribution in [2.45, 2.75) is 93.1 Å². The predicted octanol–water partition coefficient (Wildman–Crippen LogP) is 6.49. The van der Waals surface area contributed by atoms with Crippen LogP contribution in [0.2, 0.25) is 0 Å². The van der Waals surface area contributed by atoms with E-state index in [1.54, 1.807) is 0 Å². The van der Waals surface area contributed by atoms with Crippen molar-refractivity contribution < 1.29 is 75.0 Å². The van der Waals surface area contributed by atoms with Crippen LogP contribution in [0.4, 0.5) is 70.2 Å². The number of hydrogen-bond donors (Lipinski definition) is 0. The Bertz CT molecular complexity index is 754. The van der Waals surface area contributed by atoms with Crippen molar-refractivity contribution in [1.29, 1.82) is 0 Å².